The minimum atomic E-state index is 0.153. The van der Waals surface area contributed by atoms with E-state index in [1.54, 1.807) is 0 Å². The molecule has 2 rings (SSSR count). The molecule has 2 heterocycles. The van der Waals surface area contributed by atoms with Crippen LogP contribution in [0.4, 0.5) is 0 Å². The molecular weight excluding hydrogens is 164 g/mol. The molecule has 13 heavy (non-hydrogen) atoms. The van der Waals surface area contributed by atoms with Crippen molar-refractivity contribution in [1.29, 1.82) is 0 Å². The topological polar surface area (TPSA) is 32.3 Å². The first kappa shape index (κ1) is 8.75. The van der Waals surface area contributed by atoms with Crippen molar-refractivity contribution in [2.45, 2.75) is 26.3 Å². The van der Waals surface area contributed by atoms with Crippen LogP contribution in [0.2, 0.25) is 0 Å². The fraction of sp³-hybridized carbons (Fsp3) is 0.700. The van der Waals surface area contributed by atoms with E-state index >= 15 is 0 Å². The fourth-order valence-corrected chi connectivity index (χ4v) is 1.99. The van der Waals surface area contributed by atoms with Gasteiger partial charge >= 0.3 is 0 Å². The van der Waals surface area contributed by atoms with Crippen LogP contribution in [0.25, 0.3) is 0 Å². The molecule has 0 saturated heterocycles. The third-order valence-electron chi connectivity index (χ3n) is 2.96. The van der Waals surface area contributed by atoms with E-state index in [2.05, 4.69) is 24.1 Å². The van der Waals surface area contributed by atoms with Crippen LogP contribution in [-0.2, 0) is 4.79 Å². The maximum Gasteiger partial charge on any atom is 0.248 e. The highest BCUT2D eigenvalue weighted by atomic mass is 16.1. The first-order chi connectivity index (χ1) is 6.18. The molecule has 3 heteroatoms. The molecule has 0 saturated carbocycles. The number of carbonyl (C=O) groups excluding carboxylic acids is 1. The highest BCUT2D eigenvalue weighted by Crippen LogP contribution is 2.22. The van der Waals surface area contributed by atoms with Crippen molar-refractivity contribution in [2.24, 2.45) is 0 Å². The van der Waals surface area contributed by atoms with Crippen molar-refractivity contribution in [1.82, 2.24) is 10.2 Å². The van der Waals surface area contributed by atoms with E-state index in [0.29, 0.717) is 6.04 Å². The molecule has 0 spiro atoms. The summed E-state index contributed by atoms with van der Waals surface area (Å²) in [5, 5.41) is 2.88. The molecule has 0 fully saturated rings. The zero-order chi connectivity index (χ0) is 9.42. The van der Waals surface area contributed by atoms with Crippen molar-refractivity contribution in [3.63, 3.8) is 0 Å². The summed E-state index contributed by atoms with van der Waals surface area (Å²) in [4.78, 5) is 13.7. The summed E-state index contributed by atoms with van der Waals surface area (Å²) in [6, 6.07) is 0.544. The molecular formula is C10H16N2O. The van der Waals surface area contributed by atoms with Crippen molar-refractivity contribution in [3.8, 4) is 0 Å². The van der Waals surface area contributed by atoms with Crippen LogP contribution in [-0.4, -0.2) is 36.5 Å². The molecule has 0 unspecified atom stereocenters. The molecule has 1 N–H and O–H groups in total. The van der Waals surface area contributed by atoms with E-state index in [9.17, 15) is 4.79 Å². The Morgan fingerprint density at radius 3 is 2.92 bits per heavy atom. The van der Waals surface area contributed by atoms with Crippen molar-refractivity contribution in [2.75, 3.05) is 19.6 Å². The third-order valence-corrected chi connectivity index (χ3v) is 2.96. The number of hydrogen-bond acceptors (Lipinski definition) is 2. The smallest absolute Gasteiger partial charge is 0.248 e. The molecule has 72 valence electrons. The maximum absolute atomic E-state index is 11.4. The quantitative estimate of drug-likeness (QED) is 0.638. The Bertz CT molecular complexity index is 268. The van der Waals surface area contributed by atoms with Gasteiger partial charge in [-0.1, -0.05) is 0 Å². The second-order valence-electron chi connectivity index (χ2n) is 4.08. The number of nitrogens with one attached hydrogen (secondary N) is 1. The summed E-state index contributed by atoms with van der Waals surface area (Å²) in [6.07, 6.45) is 1.06. The molecule has 3 nitrogen and oxygen atoms in total. The second-order valence-corrected chi connectivity index (χ2v) is 4.08. The van der Waals surface area contributed by atoms with Crippen molar-refractivity contribution < 1.29 is 4.79 Å². The van der Waals surface area contributed by atoms with Gasteiger partial charge in [0, 0.05) is 31.2 Å². The number of nitrogens with zero attached hydrogens (tertiary/aromatic N) is 1. The number of rotatable bonds is 1. The van der Waals surface area contributed by atoms with Gasteiger partial charge in [0.15, 0.2) is 0 Å². The van der Waals surface area contributed by atoms with Gasteiger partial charge in [0.05, 0.1) is 0 Å². The molecule has 0 bridgehead atoms. The molecule has 0 aromatic carbocycles. The zero-order valence-corrected chi connectivity index (χ0v) is 8.26. The highest BCUT2D eigenvalue weighted by molar-refractivity contribution is 5.97. The minimum absolute atomic E-state index is 0.153. The summed E-state index contributed by atoms with van der Waals surface area (Å²) >= 11 is 0. The summed E-state index contributed by atoms with van der Waals surface area (Å²) in [5.41, 5.74) is 2.36. The molecule has 0 atom stereocenters. The second kappa shape index (κ2) is 3.14. The van der Waals surface area contributed by atoms with Crippen LogP contribution in [0, 0.1) is 0 Å². The molecule has 0 aliphatic carbocycles. The lowest BCUT2D eigenvalue weighted by molar-refractivity contribution is -0.116. The maximum atomic E-state index is 11.4. The lowest BCUT2D eigenvalue weighted by atomic mass is 10.0. The zero-order valence-electron chi connectivity index (χ0n) is 8.26. The van der Waals surface area contributed by atoms with Crippen LogP contribution < -0.4 is 5.32 Å². The summed E-state index contributed by atoms with van der Waals surface area (Å²) < 4.78 is 0. The van der Waals surface area contributed by atoms with Gasteiger partial charge in [0.2, 0.25) is 5.91 Å². The normalized spacial score (nSPS) is 23.8. The molecule has 1 amide bonds. The summed E-state index contributed by atoms with van der Waals surface area (Å²) in [5.74, 6) is 0.153. The average molecular weight is 180 g/mol. The summed E-state index contributed by atoms with van der Waals surface area (Å²) in [6.45, 7) is 7.10. The van der Waals surface area contributed by atoms with E-state index in [1.165, 1.54) is 5.57 Å². The molecule has 2 aliphatic heterocycles. The minimum Gasteiger partial charge on any atom is -0.349 e. The largest absolute Gasteiger partial charge is 0.349 e. The van der Waals surface area contributed by atoms with E-state index in [4.69, 9.17) is 0 Å². The van der Waals surface area contributed by atoms with Crippen LogP contribution in [0.5, 0.6) is 0 Å². The average Bonchev–Trinajstić information content (AvgIpc) is 2.47. The molecule has 0 aromatic heterocycles. The Hall–Kier alpha value is -0.830. The number of carbonyl (C=O) groups is 1. The Kier molecular flexibility index (Phi) is 2.12. The van der Waals surface area contributed by atoms with Gasteiger partial charge < -0.3 is 5.32 Å². The lowest BCUT2D eigenvalue weighted by Gasteiger charge is -2.30. The van der Waals surface area contributed by atoms with Crippen LogP contribution in [0.15, 0.2) is 11.1 Å². The van der Waals surface area contributed by atoms with E-state index in [1.807, 2.05) is 0 Å². The van der Waals surface area contributed by atoms with Crippen molar-refractivity contribution in [3.05, 3.63) is 11.1 Å². The monoisotopic (exact) mass is 180 g/mol. The lowest BCUT2D eigenvalue weighted by Crippen LogP contribution is -2.37. The molecule has 0 radical (unpaired) electrons. The van der Waals surface area contributed by atoms with Gasteiger partial charge in [-0.05, 0) is 25.8 Å². The van der Waals surface area contributed by atoms with E-state index in [0.717, 1.165) is 31.6 Å². The predicted octanol–water partition coefficient (Wildman–Crippen LogP) is 0.527. The molecule has 2 aliphatic rings. The van der Waals surface area contributed by atoms with Crippen LogP contribution >= 0.6 is 0 Å². The number of amides is 1. The van der Waals surface area contributed by atoms with Crippen LogP contribution in [0.1, 0.15) is 20.3 Å². The van der Waals surface area contributed by atoms with Gasteiger partial charge in [-0.3, -0.25) is 9.69 Å². The Morgan fingerprint density at radius 1 is 1.46 bits per heavy atom. The van der Waals surface area contributed by atoms with Crippen molar-refractivity contribution >= 4 is 5.91 Å². The molecule has 0 aromatic rings. The fourth-order valence-electron chi connectivity index (χ4n) is 1.99. The standard InChI is InChI=1S/C10H16N2O/c1-7(2)12-4-3-8-5-11-10(13)9(8)6-12/h7H,3-6H2,1-2H3,(H,11,13). The highest BCUT2D eigenvalue weighted by Gasteiger charge is 2.28. The first-order valence-electron chi connectivity index (χ1n) is 4.91. The van der Waals surface area contributed by atoms with Gasteiger partial charge in [0.25, 0.3) is 0 Å². The van der Waals surface area contributed by atoms with Gasteiger partial charge in [-0.2, -0.15) is 0 Å². The van der Waals surface area contributed by atoms with E-state index in [-0.39, 0.29) is 5.91 Å². The van der Waals surface area contributed by atoms with Gasteiger partial charge in [0.1, 0.15) is 0 Å². The summed E-state index contributed by atoms with van der Waals surface area (Å²) in [7, 11) is 0. The Labute approximate surface area is 78.8 Å². The SMILES string of the molecule is CC(C)N1CCC2=C(C1)C(=O)NC2. The van der Waals surface area contributed by atoms with E-state index < -0.39 is 0 Å². The Balaban J connectivity index is 2.14. The third kappa shape index (κ3) is 1.48. The first-order valence-corrected chi connectivity index (χ1v) is 4.91. The Morgan fingerprint density at radius 2 is 2.23 bits per heavy atom. The predicted molar refractivity (Wildman–Crippen MR) is 51.4 cm³/mol. The number of hydrogen-bond donors (Lipinski definition) is 1. The van der Waals surface area contributed by atoms with Gasteiger partial charge in [-0.15, -0.1) is 0 Å². The van der Waals surface area contributed by atoms with Gasteiger partial charge in [-0.25, -0.2) is 0 Å². The van der Waals surface area contributed by atoms with Crippen LogP contribution in [0.3, 0.4) is 0 Å².